The number of benzene rings is 1. The van der Waals surface area contributed by atoms with Crippen LogP contribution in [0.25, 0.3) is 5.69 Å². The average Bonchev–Trinajstić information content (AvgIpc) is 3.74. The minimum atomic E-state index is -4.53. The summed E-state index contributed by atoms with van der Waals surface area (Å²) in [6.07, 6.45) is -10.8. The van der Waals surface area contributed by atoms with Crippen LogP contribution in [-0.4, -0.2) is 180 Å². The summed E-state index contributed by atoms with van der Waals surface area (Å²) in [7, 11) is 8.70. The number of methoxy groups -OCH3 is 2. The molecule has 0 spiro atoms. The van der Waals surface area contributed by atoms with Gasteiger partial charge in [0.1, 0.15) is 24.0 Å². The summed E-state index contributed by atoms with van der Waals surface area (Å²) >= 11 is 0. The van der Waals surface area contributed by atoms with Gasteiger partial charge in [-0.3, -0.25) is 4.79 Å². The molecule has 17 nitrogen and oxygen atoms in total. The van der Waals surface area contributed by atoms with Crippen molar-refractivity contribution in [3.63, 3.8) is 0 Å². The summed E-state index contributed by atoms with van der Waals surface area (Å²) in [4.78, 5) is 18.6. The van der Waals surface area contributed by atoms with Gasteiger partial charge >= 0.3 is 12.1 Å². The monoisotopic (exact) mass is 960 g/mol. The van der Waals surface area contributed by atoms with E-state index in [2.05, 4.69) is 10.3 Å². The normalized spacial score (nSPS) is 39.2. The first-order valence-corrected chi connectivity index (χ1v) is 23.3. The second-order valence-electron chi connectivity index (χ2n) is 20.0. The molecule has 0 saturated carbocycles. The lowest BCUT2D eigenvalue weighted by atomic mass is 9.75. The third kappa shape index (κ3) is 13.5. The summed E-state index contributed by atoms with van der Waals surface area (Å²) in [5.74, 6) is -2.95. The van der Waals surface area contributed by atoms with Gasteiger partial charge in [0.25, 0.3) is 0 Å². The zero-order valence-electron chi connectivity index (χ0n) is 41.4. The Hall–Kier alpha value is -2.86. The van der Waals surface area contributed by atoms with Crippen LogP contribution < -0.4 is 0 Å². The van der Waals surface area contributed by atoms with Gasteiger partial charge in [-0.15, -0.1) is 5.10 Å². The predicted octanol–water partition coefficient (Wildman–Crippen LogP) is 4.46. The van der Waals surface area contributed by atoms with E-state index in [1.54, 1.807) is 27.9 Å². The number of alkyl halides is 3. The van der Waals surface area contributed by atoms with E-state index in [1.807, 2.05) is 65.6 Å². The second-order valence-corrected chi connectivity index (χ2v) is 20.0. The van der Waals surface area contributed by atoms with E-state index in [9.17, 15) is 33.3 Å². The summed E-state index contributed by atoms with van der Waals surface area (Å²) in [5.41, 5.74) is -2.55. The van der Waals surface area contributed by atoms with Crippen molar-refractivity contribution in [2.75, 3.05) is 55.1 Å². The van der Waals surface area contributed by atoms with Gasteiger partial charge in [0.05, 0.1) is 78.3 Å². The van der Waals surface area contributed by atoms with Gasteiger partial charge < -0.3 is 63.0 Å². The highest BCUT2D eigenvalue weighted by Crippen LogP contribution is 2.41. The van der Waals surface area contributed by atoms with Crippen LogP contribution in [0.2, 0.25) is 0 Å². The van der Waals surface area contributed by atoms with Gasteiger partial charge in [0, 0.05) is 45.7 Å². The van der Waals surface area contributed by atoms with Crippen LogP contribution in [0.5, 0.6) is 0 Å². The number of esters is 1. The first kappa shape index (κ1) is 55.1. The lowest BCUT2D eigenvalue weighted by molar-refractivity contribution is -0.319. The molecule has 0 amide bonds. The quantitative estimate of drug-likeness (QED) is 0.253. The molecule has 3 aliphatic rings. The molecule has 1 aromatic carbocycles. The lowest BCUT2D eigenvalue weighted by Gasteiger charge is -2.49. The number of halogens is 3. The molecular weight excluding hydrogens is 884 g/mol. The number of hydrogen-bond acceptors (Lipinski definition) is 16. The highest BCUT2D eigenvalue weighted by atomic mass is 19.4. The molecule has 3 fully saturated rings. The van der Waals surface area contributed by atoms with Crippen molar-refractivity contribution in [2.24, 2.45) is 23.7 Å². The van der Waals surface area contributed by atoms with Crippen molar-refractivity contribution in [3.05, 3.63) is 41.7 Å². The fourth-order valence-corrected chi connectivity index (χ4v) is 10.1. The first-order valence-electron chi connectivity index (χ1n) is 23.3. The number of aromatic nitrogens is 3. The maximum absolute atomic E-state index is 14.7. The number of aliphatic hydroxyl groups excluding tert-OH is 3. The van der Waals surface area contributed by atoms with Crippen LogP contribution in [0.1, 0.15) is 85.9 Å². The minimum absolute atomic E-state index is 0.0972. The zero-order chi connectivity index (χ0) is 49.8. The number of nitrogens with zero attached hydrogens (tertiary/aromatic N) is 5. The number of likely N-dealkylation sites (N-methyl/N-ethyl adjacent to an activating group) is 2. The van der Waals surface area contributed by atoms with Crippen LogP contribution >= 0.6 is 0 Å². The van der Waals surface area contributed by atoms with Gasteiger partial charge in [-0.25, -0.2) is 4.68 Å². The van der Waals surface area contributed by atoms with Gasteiger partial charge in [-0.2, -0.15) is 13.2 Å². The molecule has 67 heavy (non-hydrogen) atoms. The number of ether oxygens (including phenoxy) is 8. The summed E-state index contributed by atoms with van der Waals surface area (Å²) in [5, 5.41) is 42.8. The van der Waals surface area contributed by atoms with Crippen molar-refractivity contribution in [1.29, 1.82) is 0 Å². The minimum Gasteiger partial charge on any atom is -0.458 e. The van der Waals surface area contributed by atoms with E-state index in [0.29, 0.717) is 25.1 Å². The van der Waals surface area contributed by atoms with E-state index < -0.39 is 96.1 Å². The average molecular weight is 960 g/mol. The number of rotatable bonds is 12. The molecule has 382 valence electrons. The van der Waals surface area contributed by atoms with Gasteiger partial charge in [-0.1, -0.05) is 32.1 Å². The van der Waals surface area contributed by atoms with Crippen LogP contribution in [0.3, 0.4) is 0 Å². The molecule has 3 N–H and O–H groups in total. The Bertz CT molecular complexity index is 1880. The number of cyclic esters (lactones) is 1. The van der Waals surface area contributed by atoms with Crippen molar-refractivity contribution >= 4 is 5.97 Å². The number of carbonyl (C=O) groups excluding carboxylic acids is 1. The molecule has 0 aliphatic carbocycles. The van der Waals surface area contributed by atoms with E-state index in [1.165, 1.54) is 30.1 Å². The molecule has 0 bridgehead atoms. The largest absolute Gasteiger partial charge is 0.458 e. The number of carbonyl (C=O) groups is 1. The van der Waals surface area contributed by atoms with E-state index >= 15 is 0 Å². The molecular formula is C47H76F3N5O12. The maximum Gasteiger partial charge on any atom is 0.416 e. The van der Waals surface area contributed by atoms with Crippen molar-refractivity contribution in [2.45, 2.75) is 166 Å². The highest BCUT2D eigenvalue weighted by molar-refractivity contribution is 5.73. The Morgan fingerprint density at radius 3 is 2.25 bits per heavy atom. The van der Waals surface area contributed by atoms with Gasteiger partial charge in [0.15, 0.2) is 12.6 Å². The fourth-order valence-electron chi connectivity index (χ4n) is 10.1. The van der Waals surface area contributed by atoms with E-state index in [4.69, 9.17) is 37.9 Å². The third-order valence-electron chi connectivity index (χ3n) is 14.1. The predicted molar refractivity (Wildman–Crippen MR) is 239 cm³/mol. The third-order valence-corrected chi connectivity index (χ3v) is 14.1. The Balaban J connectivity index is 1.50. The van der Waals surface area contributed by atoms with Crippen molar-refractivity contribution in [1.82, 2.24) is 24.8 Å². The zero-order valence-corrected chi connectivity index (χ0v) is 41.4. The lowest BCUT2D eigenvalue weighted by Crippen LogP contribution is -2.61. The van der Waals surface area contributed by atoms with Crippen molar-refractivity contribution < 1.29 is 71.2 Å². The Morgan fingerprint density at radius 2 is 1.61 bits per heavy atom. The SMILES string of the molecule is CO[C@]1(C)C[C@@H](C)[C@H](O)[C@H](C)CN(C)C[C@H](COCc2cn(-c3cccc(C(F)(F)F)c3)nn2)OC(=O)[C@H](C)[C@@H](O[C@H]2C[C@@](C)(OC)[C@@H](O)[C@H](C)O2)[C@H](C)[C@H]1O[C@@H]1O[C@H](C)C[C@H](N(C)C)[C@H]1O. The topological polar surface area (TPSA) is 189 Å². The molecule has 0 radical (unpaired) electrons. The Kier molecular flexibility index (Phi) is 18.8. The standard InChI is InChI=1S/C47H76F3N5O12/c1-26-19-46(8,61-13)42(67-44-39(57)36(53(9)10)17-28(3)63-44)29(4)40(66-37-20-45(7,60-12)41(58)31(6)64-37)30(5)43(59)65-35(23-54(11)21-27(2)38(26)56)25-62-24-33-22-55(52-51-33)34-16-14-15-32(18-34)47(48,49)50/h14-16,18,22,26-31,35-42,44,56-58H,17,19-21,23-25H2,1-13H3/t26-,27-,28-,29+,30-,31+,35-,36+,37+,38+,39-,40+,41+,42-,44+,45-,46-/m1/s1. The molecule has 17 atom stereocenters. The Labute approximate surface area is 393 Å². The van der Waals surface area contributed by atoms with E-state index in [0.717, 1.165) is 12.1 Å². The first-order chi connectivity index (χ1) is 31.3. The molecule has 20 heteroatoms. The van der Waals surface area contributed by atoms with Crippen molar-refractivity contribution in [3.8, 4) is 5.69 Å². The van der Waals surface area contributed by atoms with Crippen LogP contribution in [0.15, 0.2) is 30.5 Å². The van der Waals surface area contributed by atoms with Crippen LogP contribution in [-0.2, 0) is 55.5 Å². The van der Waals surface area contributed by atoms with E-state index in [-0.39, 0.29) is 55.8 Å². The highest BCUT2D eigenvalue weighted by Gasteiger charge is 2.52. The fraction of sp³-hybridized carbons (Fsp3) is 0.809. The molecule has 3 saturated heterocycles. The van der Waals surface area contributed by atoms with Gasteiger partial charge in [-0.05, 0) is 98.6 Å². The van der Waals surface area contributed by atoms with Crippen LogP contribution in [0, 0.1) is 23.7 Å². The Morgan fingerprint density at radius 1 is 0.925 bits per heavy atom. The molecule has 2 aromatic rings. The summed E-state index contributed by atoms with van der Waals surface area (Å²) in [6, 6.07) is 4.43. The number of hydrogen-bond donors (Lipinski definition) is 3. The van der Waals surface area contributed by atoms with Gasteiger partial charge in [0.2, 0.25) is 0 Å². The smallest absolute Gasteiger partial charge is 0.416 e. The molecule has 4 heterocycles. The maximum atomic E-state index is 14.7. The molecule has 1 aromatic heterocycles. The second kappa shape index (κ2) is 22.9. The molecule has 3 aliphatic heterocycles. The molecule has 0 unspecified atom stereocenters. The van der Waals surface area contributed by atoms with Crippen LogP contribution in [0.4, 0.5) is 13.2 Å². The molecule has 5 rings (SSSR count). The summed E-state index contributed by atoms with van der Waals surface area (Å²) in [6.45, 7) is 15.2. The summed E-state index contributed by atoms with van der Waals surface area (Å²) < 4.78 is 92.5. The number of aliphatic hydroxyl groups is 3.